The normalized spacial score (nSPS) is 35.7. The predicted octanol–water partition coefficient (Wildman–Crippen LogP) is 5.48. The van der Waals surface area contributed by atoms with Crippen LogP contribution >= 0.6 is 0 Å². The zero-order valence-electron chi connectivity index (χ0n) is 22.1. The number of hydrogen-bond acceptors (Lipinski definition) is 6. The Balaban J connectivity index is 2.08. The van der Waals surface area contributed by atoms with Crippen LogP contribution in [0, 0.1) is 5.41 Å². The minimum absolute atomic E-state index is 0.263. The highest BCUT2D eigenvalue weighted by molar-refractivity contribution is 6.70. The summed E-state index contributed by atoms with van der Waals surface area (Å²) in [6, 6.07) is 0. The molecule has 0 aromatic heterocycles. The molecule has 1 saturated carbocycles. The number of carbonyl (C=O) groups is 1. The first kappa shape index (κ1) is 25.1. The van der Waals surface area contributed by atoms with E-state index < -0.39 is 41.6 Å². The van der Waals surface area contributed by atoms with Crippen LogP contribution in [0.3, 0.4) is 0 Å². The van der Waals surface area contributed by atoms with E-state index in [4.69, 9.17) is 22.8 Å². The van der Waals surface area contributed by atoms with Crippen molar-refractivity contribution in [3.05, 3.63) is 34.8 Å². The first-order valence-electron chi connectivity index (χ1n) is 11.9. The van der Waals surface area contributed by atoms with Gasteiger partial charge in [-0.3, -0.25) is 0 Å². The third-order valence-corrected chi connectivity index (χ3v) is 9.84. The van der Waals surface area contributed by atoms with Crippen LogP contribution in [-0.4, -0.2) is 54.8 Å². The largest absolute Gasteiger partial charge is 0.490 e. The average molecular weight is 509 g/mol. The Morgan fingerprint density at radius 3 is 2.06 bits per heavy atom. The van der Waals surface area contributed by atoms with Gasteiger partial charge in [0.25, 0.3) is 0 Å². The number of allylic oxidation sites excluding steroid dienone is 1. The number of ether oxygens (including phenoxy) is 2. The van der Waals surface area contributed by atoms with E-state index in [1.807, 2.05) is 6.92 Å². The summed E-state index contributed by atoms with van der Waals surface area (Å²) in [6.45, 7) is 28.2. The van der Waals surface area contributed by atoms with Gasteiger partial charge in [0, 0.05) is 12.0 Å². The van der Waals surface area contributed by atoms with Gasteiger partial charge in [-0.05, 0) is 78.3 Å². The van der Waals surface area contributed by atoms with Crippen molar-refractivity contribution in [3.8, 4) is 0 Å². The maximum Gasteiger partial charge on any atom is 0.343 e. The van der Waals surface area contributed by atoms with Crippen LogP contribution < -0.4 is 0 Å². The third kappa shape index (κ3) is 3.45. The van der Waals surface area contributed by atoms with Crippen LogP contribution in [0.4, 0.5) is 0 Å². The summed E-state index contributed by atoms with van der Waals surface area (Å²) in [4.78, 5) is 13.5. The topological polar surface area (TPSA) is 63.2 Å². The van der Waals surface area contributed by atoms with Crippen LogP contribution in [0.1, 0.15) is 20.3 Å². The molecule has 2 bridgehead atoms. The van der Waals surface area contributed by atoms with E-state index in [0.717, 1.165) is 11.1 Å². The summed E-state index contributed by atoms with van der Waals surface area (Å²) < 4.78 is 33.5. The van der Waals surface area contributed by atoms with Crippen molar-refractivity contribution in [1.29, 1.82) is 0 Å². The lowest BCUT2D eigenvalue weighted by molar-refractivity contribution is -0.136. The summed E-state index contributed by atoms with van der Waals surface area (Å²) in [7, 11) is -6.22. The van der Waals surface area contributed by atoms with Gasteiger partial charge >= 0.3 is 5.97 Å². The lowest BCUT2D eigenvalue weighted by atomic mass is 9.62. The molecule has 0 spiro atoms. The van der Waals surface area contributed by atoms with Gasteiger partial charge in [-0.15, -0.1) is 0 Å². The van der Waals surface area contributed by atoms with Gasteiger partial charge in [-0.1, -0.05) is 6.58 Å². The molecular formula is C24H40O6Si3. The molecule has 0 aromatic carbocycles. The Hall–Kier alpha value is -0.979. The van der Waals surface area contributed by atoms with E-state index in [1.165, 1.54) is 0 Å². The van der Waals surface area contributed by atoms with E-state index >= 15 is 0 Å². The van der Waals surface area contributed by atoms with E-state index in [2.05, 4.69) is 72.4 Å². The molecule has 9 heteroatoms. The molecule has 2 aliphatic heterocycles. The third-order valence-electron chi connectivity index (χ3n) is 6.91. The molecule has 2 aliphatic carbocycles. The molecule has 4 aliphatic rings. The van der Waals surface area contributed by atoms with E-state index in [0.29, 0.717) is 30.1 Å². The predicted molar refractivity (Wildman–Crippen MR) is 136 cm³/mol. The number of hydrogen-bond donors (Lipinski definition) is 0. The molecule has 2 fully saturated rings. The van der Waals surface area contributed by atoms with Crippen LogP contribution in [0.25, 0.3) is 0 Å². The number of carbonyl (C=O) groups excluding carboxylic acids is 1. The Bertz CT molecular complexity index is 995. The second kappa shape index (κ2) is 7.04. The van der Waals surface area contributed by atoms with Gasteiger partial charge in [0.2, 0.25) is 0 Å². The zero-order valence-corrected chi connectivity index (χ0v) is 25.1. The summed E-state index contributed by atoms with van der Waals surface area (Å²) >= 11 is 0. The fraction of sp³-hybridized carbons (Fsp3) is 0.708. The summed E-state index contributed by atoms with van der Waals surface area (Å²) in [5.41, 5.74) is -0.379. The summed E-state index contributed by atoms with van der Waals surface area (Å²) in [5.74, 6) is 0.798. The maximum atomic E-state index is 13.5. The Morgan fingerprint density at radius 1 is 1.00 bits per heavy atom. The lowest BCUT2D eigenvalue weighted by Gasteiger charge is -2.51. The van der Waals surface area contributed by atoms with Gasteiger partial charge in [0.1, 0.15) is 17.8 Å². The monoisotopic (exact) mass is 508 g/mol. The molecule has 0 aromatic rings. The Kier molecular flexibility index (Phi) is 5.36. The quantitative estimate of drug-likeness (QED) is 0.335. The molecule has 4 atom stereocenters. The molecule has 1 saturated heterocycles. The summed E-state index contributed by atoms with van der Waals surface area (Å²) in [6.07, 6.45) is 0.269. The van der Waals surface area contributed by atoms with Crippen LogP contribution in [-0.2, 0) is 27.5 Å². The Morgan fingerprint density at radius 2 is 1.58 bits per heavy atom. The van der Waals surface area contributed by atoms with Crippen molar-refractivity contribution in [2.45, 2.75) is 96.5 Å². The van der Waals surface area contributed by atoms with Gasteiger partial charge in [-0.25, -0.2) is 4.79 Å². The fourth-order valence-electron chi connectivity index (χ4n) is 6.24. The molecule has 0 radical (unpaired) electrons. The highest BCUT2D eigenvalue weighted by Gasteiger charge is 2.83. The van der Waals surface area contributed by atoms with Crippen LogP contribution in [0.2, 0.25) is 58.9 Å². The number of rotatable bonds is 7. The average Bonchev–Trinajstić information content (AvgIpc) is 3.09. The van der Waals surface area contributed by atoms with Crippen molar-refractivity contribution >= 4 is 30.9 Å². The molecule has 0 N–H and O–H groups in total. The molecule has 4 rings (SSSR count). The minimum Gasteiger partial charge on any atom is -0.490 e. The molecule has 33 heavy (non-hydrogen) atoms. The van der Waals surface area contributed by atoms with Crippen LogP contribution in [0.15, 0.2) is 34.8 Å². The maximum absolute atomic E-state index is 13.5. The SMILES string of the molecule is C=C(C)C1=C2C(=O)OC1=C1OC[C@@]3(O[Si](C)(C)C)[C@H](O[Si](C)(C)C)C[C@]2(O[Si](C)(C)C)[C@@]13C. The first-order valence-corrected chi connectivity index (χ1v) is 22.1. The zero-order chi connectivity index (χ0) is 25.0. The molecule has 6 nitrogen and oxygen atoms in total. The van der Waals surface area contributed by atoms with Gasteiger partial charge < -0.3 is 22.8 Å². The van der Waals surface area contributed by atoms with Crippen molar-refractivity contribution in [1.82, 2.24) is 0 Å². The molecule has 0 amide bonds. The second-order valence-electron chi connectivity index (χ2n) is 13.1. The summed E-state index contributed by atoms with van der Waals surface area (Å²) in [5, 5.41) is 0. The molecule has 2 heterocycles. The van der Waals surface area contributed by atoms with E-state index in [9.17, 15) is 4.79 Å². The highest BCUT2D eigenvalue weighted by Crippen LogP contribution is 2.72. The minimum atomic E-state index is -2.17. The number of esters is 1. The van der Waals surface area contributed by atoms with Crippen molar-refractivity contribution < 1.29 is 27.5 Å². The molecular weight excluding hydrogens is 469 g/mol. The lowest BCUT2D eigenvalue weighted by Crippen LogP contribution is -2.63. The van der Waals surface area contributed by atoms with Crippen molar-refractivity contribution in [3.63, 3.8) is 0 Å². The standard InChI is InChI=1S/C24H40O6Si3/c1-15(2)17-18-21(25)27-19(17)20-22(3)23(18,29-32(7,8)9)13-16(28-31(4,5)6)24(22,14-26-20)30-33(10,11)12/h16H,1,13-14H2,2-12H3/t16-,22-,23-,24-/m1/s1. The van der Waals surface area contributed by atoms with Gasteiger partial charge in [0.15, 0.2) is 36.5 Å². The number of fused-ring (bicyclic) bond motifs is 2. The van der Waals surface area contributed by atoms with Crippen LogP contribution in [0.5, 0.6) is 0 Å². The molecule has 0 unspecified atom stereocenters. The van der Waals surface area contributed by atoms with E-state index in [1.54, 1.807) is 0 Å². The van der Waals surface area contributed by atoms with Crippen molar-refractivity contribution in [2.24, 2.45) is 5.41 Å². The fourth-order valence-corrected chi connectivity index (χ4v) is 10.3. The molecule has 184 valence electrons. The first-order chi connectivity index (χ1) is 14.8. The van der Waals surface area contributed by atoms with Gasteiger partial charge in [-0.2, -0.15) is 0 Å². The Labute approximate surface area is 201 Å². The van der Waals surface area contributed by atoms with E-state index in [-0.39, 0.29) is 12.1 Å². The second-order valence-corrected chi connectivity index (χ2v) is 26.4. The highest BCUT2D eigenvalue weighted by atomic mass is 28.4. The smallest absolute Gasteiger partial charge is 0.343 e. The van der Waals surface area contributed by atoms with Crippen molar-refractivity contribution in [2.75, 3.05) is 6.61 Å². The van der Waals surface area contributed by atoms with Gasteiger partial charge in [0.05, 0.1) is 17.1 Å².